The second-order valence-corrected chi connectivity index (χ2v) is 6.59. The maximum Gasteiger partial charge on any atom is 0.263 e. The van der Waals surface area contributed by atoms with Gasteiger partial charge in [-0.2, -0.15) is 0 Å². The zero-order chi connectivity index (χ0) is 14.8. The summed E-state index contributed by atoms with van der Waals surface area (Å²) in [6.45, 7) is 0. The van der Waals surface area contributed by atoms with E-state index in [1.54, 1.807) is 30.3 Å². The molecule has 2 rings (SSSR count). The van der Waals surface area contributed by atoms with E-state index in [9.17, 15) is 8.42 Å². The third-order valence-corrected chi connectivity index (χ3v) is 4.53. The van der Waals surface area contributed by atoms with E-state index >= 15 is 0 Å². The van der Waals surface area contributed by atoms with Crippen LogP contribution in [0.4, 0.5) is 11.4 Å². The lowest BCUT2D eigenvalue weighted by Crippen LogP contribution is -2.14. The van der Waals surface area contributed by atoms with E-state index in [1.807, 2.05) is 0 Å². The Hall–Kier alpha value is -1.73. The van der Waals surface area contributed by atoms with Gasteiger partial charge in [0.15, 0.2) is 0 Å². The number of anilines is 2. The smallest absolute Gasteiger partial charge is 0.263 e. The average Bonchev–Trinajstić information content (AvgIpc) is 2.37. The van der Waals surface area contributed by atoms with E-state index in [1.165, 1.54) is 19.2 Å². The van der Waals surface area contributed by atoms with E-state index in [-0.39, 0.29) is 10.6 Å². The molecule has 2 aromatic rings. The molecule has 0 atom stereocenters. The number of nitrogens with two attached hydrogens (primary N) is 1. The highest BCUT2D eigenvalue weighted by molar-refractivity contribution is 9.10. The minimum atomic E-state index is -3.74. The summed E-state index contributed by atoms with van der Waals surface area (Å²) in [6, 6.07) is 11.3. The highest BCUT2D eigenvalue weighted by atomic mass is 79.9. The predicted molar refractivity (Wildman–Crippen MR) is 82.4 cm³/mol. The van der Waals surface area contributed by atoms with E-state index in [0.717, 1.165) is 4.47 Å². The molecule has 106 valence electrons. The monoisotopic (exact) mass is 356 g/mol. The van der Waals surface area contributed by atoms with Gasteiger partial charge in [0.2, 0.25) is 0 Å². The van der Waals surface area contributed by atoms with Gasteiger partial charge < -0.3 is 10.5 Å². The van der Waals surface area contributed by atoms with Gasteiger partial charge in [0.25, 0.3) is 10.0 Å². The van der Waals surface area contributed by atoms with E-state index in [0.29, 0.717) is 11.4 Å². The third kappa shape index (κ3) is 3.23. The zero-order valence-electron chi connectivity index (χ0n) is 10.6. The molecule has 0 heterocycles. The molecule has 0 saturated carbocycles. The van der Waals surface area contributed by atoms with Crippen molar-refractivity contribution in [2.24, 2.45) is 0 Å². The summed E-state index contributed by atoms with van der Waals surface area (Å²) in [5.41, 5.74) is 6.34. The number of nitrogen functional groups attached to an aromatic ring is 1. The highest BCUT2D eigenvalue weighted by Gasteiger charge is 2.18. The summed E-state index contributed by atoms with van der Waals surface area (Å²) in [4.78, 5) is 0.0123. The van der Waals surface area contributed by atoms with Crippen LogP contribution in [-0.4, -0.2) is 15.5 Å². The minimum Gasteiger partial charge on any atom is -0.497 e. The third-order valence-electron chi connectivity index (χ3n) is 2.58. The van der Waals surface area contributed by atoms with Crippen LogP contribution in [0.1, 0.15) is 0 Å². The maximum absolute atomic E-state index is 12.3. The van der Waals surface area contributed by atoms with Crippen LogP contribution in [0.2, 0.25) is 0 Å². The molecule has 2 aromatic carbocycles. The van der Waals surface area contributed by atoms with Crippen LogP contribution in [0.25, 0.3) is 0 Å². The van der Waals surface area contributed by atoms with Gasteiger partial charge in [-0.1, -0.05) is 22.0 Å². The summed E-state index contributed by atoms with van der Waals surface area (Å²) in [7, 11) is -2.25. The van der Waals surface area contributed by atoms with Crippen LogP contribution in [0, 0.1) is 0 Å². The second kappa shape index (κ2) is 5.72. The molecular weight excluding hydrogens is 344 g/mol. The maximum atomic E-state index is 12.3. The van der Waals surface area contributed by atoms with Gasteiger partial charge in [0.05, 0.1) is 12.8 Å². The fraction of sp³-hybridized carbons (Fsp3) is 0.0769. The molecule has 0 unspecified atom stereocenters. The first-order chi connectivity index (χ1) is 9.42. The molecule has 0 fully saturated rings. The van der Waals surface area contributed by atoms with Crippen molar-refractivity contribution in [3.63, 3.8) is 0 Å². The lowest BCUT2D eigenvalue weighted by molar-refractivity contribution is 0.414. The van der Waals surface area contributed by atoms with Gasteiger partial charge in [-0.05, 0) is 30.3 Å². The molecular formula is C13H13BrN2O3S. The van der Waals surface area contributed by atoms with Crippen molar-refractivity contribution in [1.29, 1.82) is 0 Å². The largest absolute Gasteiger partial charge is 0.497 e. The van der Waals surface area contributed by atoms with Crippen molar-refractivity contribution in [2.75, 3.05) is 17.6 Å². The summed E-state index contributed by atoms with van der Waals surface area (Å²) < 4.78 is 32.8. The first-order valence-corrected chi connectivity index (χ1v) is 7.92. The molecule has 0 aliphatic heterocycles. The van der Waals surface area contributed by atoms with Gasteiger partial charge in [0, 0.05) is 16.2 Å². The molecule has 0 amide bonds. The number of sulfonamides is 1. The van der Waals surface area contributed by atoms with Crippen LogP contribution >= 0.6 is 15.9 Å². The molecule has 0 radical (unpaired) electrons. The van der Waals surface area contributed by atoms with Crippen molar-refractivity contribution in [3.05, 3.63) is 46.9 Å². The fourth-order valence-electron chi connectivity index (χ4n) is 1.66. The second-order valence-electron chi connectivity index (χ2n) is 4.02. The minimum absolute atomic E-state index is 0.0123. The number of methoxy groups -OCH3 is 1. The number of hydrogen-bond acceptors (Lipinski definition) is 4. The molecule has 0 spiro atoms. The van der Waals surface area contributed by atoms with Crippen LogP contribution in [-0.2, 0) is 10.0 Å². The Labute approximate surface area is 125 Å². The van der Waals surface area contributed by atoms with Crippen molar-refractivity contribution in [2.45, 2.75) is 4.90 Å². The first-order valence-electron chi connectivity index (χ1n) is 5.64. The highest BCUT2D eigenvalue weighted by Crippen LogP contribution is 2.26. The van der Waals surface area contributed by atoms with Crippen molar-refractivity contribution in [1.82, 2.24) is 0 Å². The molecule has 0 bridgehead atoms. The van der Waals surface area contributed by atoms with Crippen LogP contribution in [0.15, 0.2) is 51.8 Å². The first kappa shape index (κ1) is 14.7. The number of halogens is 1. The number of rotatable bonds is 4. The Kier molecular flexibility index (Phi) is 4.20. The van der Waals surface area contributed by atoms with Crippen LogP contribution < -0.4 is 15.2 Å². The van der Waals surface area contributed by atoms with Crippen molar-refractivity contribution >= 4 is 37.3 Å². The lowest BCUT2D eigenvalue weighted by atomic mass is 10.3. The Morgan fingerprint density at radius 2 is 1.95 bits per heavy atom. The summed E-state index contributed by atoms with van der Waals surface area (Å²) in [5.74, 6) is 0.504. The van der Waals surface area contributed by atoms with E-state index in [4.69, 9.17) is 10.5 Å². The van der Waals surface area contributed by atoms with Crippen LogP contribution in [0.5, 0.6) is 5.75 Å². The number of benzene rings is 2. The fourth-order valence-corrected chi connectivity index (χ4v) is 3.22. The summed E-state index contributed by atoms with van der Waals surface area (Å²) >= 11 is 3.28. The molecule has 0 aromatic heterocycles. The standard InChI is InChI=1S/C13H13BrN2O3S/c1-19-11-5-6-13(12(15)8-11)20(17,18)16-10-4-2-3-9(14)7-10/h2-8,16H,15H2,1H3. The van der Waals surface area contributed by atoms with Crippen molar-refractivity contribution in [3.8, 4) is 5.75 Å². The molecule has 20 heavy (non-hydrogen) atoms. The van der Waals surface area contributed by atoms with Gasteiger partial charge in [-0.3, -0.25) is 4.72 Å². The van der Waals surface area contributed by atoms with E-state index in [2.05, 4.69) is 20.7 Å². The molecule has 0 aliphatic carbocycles. The topological polar surface area (TPSA) is 81.4 Å². The quantitative estimate of drug-likeness (QED) is 0.825. The summed E-state index contributed by atoms with van der Waals surface area (Å²) in [6.07, 6.45) is 0. The molecule has 7 heteroatoms. The van der Waals surface area contributed by atoms with Crippen LogP contribution in [0.3, 0.4) is 0 Å². The van der Waals surface area contributed by atoms with Crippen molar-refractivity contribution < 1.29 is 13.2 Å². The molecule has 0 aliphatic rings. The van der Waals surface area contributed by atoms with Gasteiger partial charge in [0.1, 0.15) is 10.6 Å². The van der Waals surface area contributed by atoms with Gasteiger partial charge in [-0.15, -0.1) is 0 Å². The average molecular weight is 357 g/mol. The van der Waals surface area contributed by atoms with Gasteiger partial charge >= 0.3 is 0 Å². The molecule has 0 saturated heterocycles. The Morgan fingerprint density at radius 3 is 2.55 bits per heavy atom. The SMILES string of the molecule is COc1ccc(S(=O)(=O)Nc2cccc(Br)c2)c(N)c1. The summed E-state index contributed by atoms with van der Waals surface area (Å²) in [5, 5.41) is 0. The normalized spacial score (nSPS) is 11.1. The van der Waals surface area contributed by atoms with E-state index < -0.39 is 10.0 Å². The number of hydrogen-bond donors (Lipinski definition) is 2. The Balaban J connectivity index is 2.36. The predicted octanol–water partition coefficient (Wildman–Crippen LogP) is 2.84. The molecule has 5 nitrogen and oxygen atoms in total. The lowest BCUT2D eigenvalue weighted by Gasteiger charge is -2.11. The Bertz CT molecular complexity index is 732. The molecule has 3 N–H and O–H groups in total. The van der Waals surface area contributed by atoms with Gasteiger partial charge in [-0.25, -0.2) is 8.42 Å². The number of nitrogens with one attached hydrogen (secondary N) is 1. The number of ether oxygens (including phenoxy) is 1. The zero-order valence-corrected chi connectivity index (χ0v) is 13.0. The Morgan fingerprint density at radius 1 is 1.20 bits per heavy atom.